The number of hydrogen-bond donors (Lipinski definition) is 2. The van der Waals surface area contributed by atoms with Gasteiger partial charge in [0.2, 0.25) is 0 Å². The number of carbonyl (C=O) groups is 1. The molecule has 0 aliphatic rings. The lowest BCUT2D eigenvalue weighted by Crippen LogP contribution is -2.31. The first kappa shape index (κ1) is 17.6. The number of carboxylic acids is 1. The number of hydrogen-bond acceptors (Lipinski definition) is 5. The van der Waals surface area contributed by atoms with Crippen molar-refractivity contribution in [3.05, 3.63) is 68.9 Å². The number of aliphatic hydroxyl groups excluding tert-OH is 1. The lowest BCUT2D eigenvalue weighted by atomic mass is 10.1. The molecule has 2 heterocycles. The van der Waals surface area contributed by atoms with E-state index in [4.69, 9.17) is 5.11 Å². The highest BCUT2D eigenvalue weighted by atomic mass is 16.4. The highest BCUT2D eigenvalue weighted by Gasteiger charge is 2.14. The second-order valence-electron chi connectivity index (χ2n) is 6.10. The lowest BCUT2D eigenvalue weighted by Gasteiger charge is -2.05. The zero-order valence-corrected chi connectivity index (χ0v) is 14.3. The molecule has 2 aromatic heterocycles. The highest BCUT2D eigenvalue weighted by molar-refractivity contribution is 5.68. The summed E-state index contributed by atoms with van der Waals surface area (Å²) >= 11 is 0. The molecular weight excluding hydrogens is 334 g/mol. The minimum absolute atomic E-state index is 0.0234. The minimum Gasteiger partial charge on any atom is -0.511 e. The molecule has 2 N–H and O–H groups in total. The molecule has 0 radical (unpaired) electrons. The van der Waals surface area contributed by atoms with Crippen molar-refractivity contribution < 1.29 is 15.0 Å². The van der Waals surface area contributed by atoms with Crippen molar-refractivity contribution in [2.45, 2.75) is 32.6 Å². The summed E-state index contributed by atoms with van der Waals surface area (Å²) in [5, 5.41) is 23.4. The summed E-state index contributed by atoms with van der Waals surface area (Å²) in [7, 11) is 0. The smallest absolute Gasteiger partial charge is 0.303 e. The predicted octanol–water partition coefficient (Wildman–Crippen LogP) is 1.43. The monoisotopic (exact) mass is 353 g/mol. The van der Waals surface area contributed by atoms with Crippen LogP contribution in [0.2, 0.25) is 0 Å². The van der Waals surface area contributed by atoms with Crippen LogP contribution in [0.4, 0.5) is 0 Å². The van der Waals surface area contributed by atoms with E-state index < -0.39 is 5.97 Å². The van der Waals surface area contributed by atoms with Crippen molar-refractivity contribution >= 4 is 17.4 Å². The van der Waals surface area contributed by atoms with Crippen molar-refractivity contribution in [1.82, 2.24) is 14.6 Å². The Morgan fingerprint density at radius 2 is 1.85 bits per heavy atom. The quantitative estimate of drug-likeness (QED) is 0.695. The van der Waals surface area contributed by atoms with Crippen LogP contribution in [-0.4, -0.2) is 30.8 Å². The minimum atomic E-state index is -1.04. The summed E-state index contributed by atoms with van der Waals surface area (Å²) in [4.78, 5) is 27.5. The van der Waals surface area contributed by atoms with Gasteiger partial charge in [-0.3, -0.25) is 9.59 Å². The number of aromatic nitrogens is 3. The number of pyridine rings is 1. The Kier molecular flexibility index (Phi) is 4.97. The Hall–Kier alpha value is -3.22. The number of aryl methyl sites for hydroxylation is 3. The molecule has 7 nitrogen and oxygen atoms in total. The van der Waals surface area contributed by atoms with E-state index >= 15 is 0 Å². The van der Waals surface area contributed by atoms with Gasteiger partial charge in [0.15, 0.2) is 11.1 Å². The second kappa shape index (κ2) is 7.35. The molecule has 3 aromatic rings. The fourth-order valence-electron chi connectivity index (χ4n) is 2.89. The largest absolute Gasteiger partial charge is 0.511 e. The van der Waals surface area contributed by atoms with Crippen LogP contribution < -0.4 is 10.6 Å². The molecule has 0 saturated heterocycles. The fourth-order valence-corrected chi connectivity index (χ4v) is 2.89. The first-order valence-corrected chi connectivity index (χ1v) is 8.33. The third-order valence-corrected chi connectivity index (χ3v) is 4.13. The Morgan fingerprint density at radius 1 is 1.12 bits per heavy atom. The van der Waals surface area contributed by atoms with E-state index in [1.807, 2.05) is 30.3 Å². The second-order valence-corrected chi connectivity index (χ2v) is 6.10. The molecule has 0 atom stereocenters. The van der Waals surface area contributed by atoms with Crippen LogP contribution in [0.3, 0.4) is 0 Å². The summed E-state index contributed by atoms with van der Waals surface area (Å²) in [6, 6.07) is 11.3. The molecule has 0 saturated carbocycles. The van der Waals surface area contributed by atoms with E-state index in [2.05, 4.69) is 10.1 Å². The lowest BCUT2D eigenvalue weighted by molar-refractivity contribution is -0.136. The van der Waals surface area contributed by atoms with Crippen LogP contribution in [-0.2, 0) is 17.6 Å². The van der Waals surface area contributed by atoms with E-state index in [9.17, 15) is 14.7 Å². The van der Waals surface area contributed by atoms with Gasteiger partial charge in [0, 0.05) is 18.2 Å². The van der Waals surface area contributed by atoms with Crippen LogP contribution >= 0.6 is 0 Å². The van der Waals surface area contributed by atoms with Crippen molar-refractivity contribution in [1.29, 1.82) is 0 Å². The van der Waals surface area contributed by atoms with Gasteiger partial charge in [0.1, 0.15) is 16.8 Å². The number of benzene rings is 1. The Morgan fingerprint density at radius 3 is 2.54 bits per heavy atom. The van der Waals surface area contributed by atoms with E-state index in [1.54, 1.807) is 11.4 Å². The molecule has 3 rings (SSSR count). The van der Waals surface area contributed by atoms with Gasteiger partial charge in [-0.15, -0.1) is 0 Å². The van der Waals surface area contributed by atoms with Crippen LogP contribution in [0.25, 0.3) is 11.4 Å². The highest BCUT2D eigenvalue weighted by Crippen LogP contribution is 2.08. The zero-order chi connectivity index (χ0) is 18.7. The van der Waals surface area contributed by atoms with Crippen LogP contribution in [0.15, 0.2) is 41.2 Å². The van der Waals surface area contributed by atoms with E-state index in [-0.39, 0.29) is 34.9 Å². The van der Waals surface area contributed by atoms with E-state index in [0.29, 0.717) is 17.9 Å². The Balaban J connectivity index is 2.05. The molecule has 0 amide bonds. The molecule has 7 heteroatoms. The maximum Gasteiger partial charge on any atom is 0.303 e. The molecule has 26 heavy (non-hydrogen) atoms. The molecule has 1 aromatic carbocycles. The van der Waals surface area contributed by atoms with E-state index in [0.717, 1.165) is 12.0 Å². The third-order valence-electron chi connectivity index (χ3n) is 4.13. The van der Waals surface area contributed by atoms with Gasteiger partial charge in [-0.05, 0) is 25.3 Å². The van der Waals surface area contributed by atoms with Crippen molar-refractivity contribution in [2.24, 2.45) is 0 Å². The summed E-state index contributed by atoms with van der Waals surface area (Å²) in [5.41, 5.74) is 1.73. The maximum absolute atomic E-state index is 12.6. The number of nitrogens with zero attached hydrogens (tertiary/aromatic N) is 3. The van der Waals surface area contributed by atoms with Crippen LogP contribution in [0.5, 0.6) is 0 Å². The Labute approximate surface area is 149 Å². The van der Waals surface area contributed by atoms with Crippen molar-refractivity contribution in [2.75, 3.05) is 0 Å². The zero-order valence-electron chi connectivity index (χ0n) is 14.3. The van der Waals surface area contributed by atoms with Crippen LogP contribution in [0, 0.1) is 6.92 Å². The fraction of sp³-hybridized carbons (Fsp3) is 0.263. The molecule has 0 unspecified atom stereocenters. The average Bonchev–Trinajstić information content (AvgIpc) is 2.99. The topological polar surface area (TPSA) is 105 Å². The third kappa shape index (κ3) is 3.72. The number of fused-ring (bicyclic) bond motifs is 1. The molecule has 134 valence electrons. The van der Waals surface area contributed by atoms with Gasteiger partial charge in [0.05, 0.1) is 6.42 Å². The van der Waals surface area contributed by atoms with Gasteiger partial charge in [-0.25, -0.2) is 9.50 Å². The normalized spacial score (nSPS) is 12.3. The molecule has 0 aliphatic heterocycles. The molecular formula is C19H19N3O4. The molecule has 0 spiro atoms. The number of rotatable bonds is 6. The van der Waals surface area contributed by atoms with Crippen molar-refractivity contribution in [3.8, 4) is 0 Å². The van der Waals surface area contributed by atoms with Gasteiger partial charge in [-0.2, -0.15) is 5.10 Å². The average molecular weight is 353 g/mol. The summed E-state index contributed by atoms with van der Waals surface area (Å²) < 4.78 is 1.56. The Bertz CT molecular complexity index is 1060. The molecule has 0 bridgehead atoms. The van der Waals surface area contributed by atoms with Gasteiger partial charge < -0.3 is 10.2 Å². The standard InChI is InChI=1S/C19H19N3O4/c1-12-20-19-18(15(23)9-10-17(25)26)16(24)11-14(22(19)21-12)8-7-13-5-3-2-4-6-13/h2-6,11,23H,7-10H2,1H3,(H,25,26)/b18-15-. The van der Waals surface area contributed by atoms with Gasteiger partial charge >= 0.3 is 5.97 Å². The molecule has 0 fully saturated rings. The first-order chi connectivity index (χ1) is 12.5. The molecule has 0 aliphatic carbocycles. The summed E-state index contributed by atoms with van der Waals surface area (Å²) in [6.07, 6.45) is 0.937. The maximum atomic E-state index is 12.6. The van der Waals surface area contributed by atoms with Crippen molar-refractivity contribution in [3.63, 3.8) is 0 Å². The van der Waals surface area contributed by atoms with Gasteiger partial charge in [0.25, 0.3) is 0 Å². The SMILES string of the molecule is Cc1nc2/c(=C(\O)CCC(=O)O)c(=O)cc(CCc3ccccc3)n2n1. The first-order valence-electron chi connectivity index (χ1n) is 8.33. The number of aliphatic carboxylic acids is 1. The van der Waals surface area contributed by atoms with Gasteiger partial charge in [-0.1, -0.05) is 30.3 Å². The van der Waals surface area contributed by atoms with Crippen LogP contribution in [0.1, 0.15) is 29.9 Å². The number of carboxylic acid groups (broad SMARTS) is 1. The number of aliphatic hydroxyl groups is 1. The predicted molar refractivity (Wildman–Crippen MR) is 96.0 cm³/mol. The summed E-state index contributed by atoms with van der Waals surface area (Å²) in [5.74, 6) is -0.842. The summed E-state index contributed by atoms with van der Waals surface area (Å²) in [6.45, 7) is 1.70. The van der Waals surface area contributed by atoms with E-state index in [1.165, 1.54) is 6.07 Å².